The van der Waals surface area contributed by atoms with Crippen LogP contribution in [0.1, 0.15) is 45.9 Å². The number of rotatable bonds is 2. The summed E-state index contributed by atoms with van der Waals surface area (Å²) < 4.78 is 20.6. The van der Waals surface area contributed by atoms with Crippen LogP contribution in [0.15, 0.2) is 18.5 Å². The van der Waals surface area contributed by atoms with Crippen LogP contribution in [0.5, 0.6) is 0 Å². The second-order valence-electron chi connectivity index (χ2n) is 5.63. The van der Waals surface area contributed by atoms with Crippen LogP contribution in [-0.4, -0.2) is 39.5 Å². The van der Waals surface area contributed by atoms with Crippen LogP contribution in [0.2, 0.25) is 5.02 Å². The standard InChI is InChI=1S/C16H13ClFN3O3/c1-2-24-16(23)13-14-10-5-6-20(10)15(22)11-9(21(14)7-19-13)4-3-8(18)12(11)17/h3-4,7,10H,2,5-6H2,1H3/t10-/m0/s1. The third-order valence-corrected chi connectivity index (χ3v) is 4.79. The molecule has 1 aromatic carbocycles. The molecule has 0 saturated carbocycles. The number of hydrogen-bond donors (Lipinski definition) is 0. The van der Waals surface area contributed by atoms with Gasteiger partial charge in [-0.05, 0) is 25.5 Å². The maximum Gasteiger partial charge on any atom is 0.358 e. The van der Waals surface area contributed by atoms with E-state index in [2.05, 4.69) is 4.98 Å². The van der Waals surface area contributed by atoms with Crippen molar-refractivity contribution in [2.24, 2.45) is 0 Å². The van der Waals surface area contributed by atoms with Gasteiger partial charge < -0.3 is 9.64 Å². The molecular formula is C16H13ClFN3O3. The first-order valence-electron chi connectivity index (χ1n) is 7.58. The highest BCUT2D eigenvalue weighted by atomic mass is 35.5. The zero-order valence-corrected chi connectivity index (χ0v) is 13.5. The van der Waals surface area contributed by atoms with Crippen molar-refractivity contribution in [3.05, 3.63) is 46.3 Å². The topological polar surface area (TPSA) is 64.4 Å². The summed E-state index contributed by atoms with van der Waals surface area (Å²) in [5, 5.41) is -0.220. The molecule has 1 saturated heterocycles. The molecule has 2 aliphatic heterocycles. The lowest BCUT2D eigenvalue weighted by Gasteiger charge is -2.39. The Morgan fingerprint density at radius 3 is 2.96 bits per heavy atom. The van der Waals surface area contributed by atoms with E-state index in [-0.39, 0.29) is 34.8 Å². The quantitative estimate of drug-likeness (QED) is 0.782. The molecule has 1 fully saturated rings. The number of benzene rings is 1. The highest BCUT2D eigenvalue weighted by Crippen LogP contribution is 2.43. The van der Waals surface area contributed by atoms with Crippen LogP contribution in [-0.2, 0) is 4.74 Å². The van der Waals surface area contributed by atoms with Gasteiger partial charge in [0.05, 0.1) is 34.6 Å². The van der Waals surface area contributed by atoms with E-state index in [1.165, 1.54) is 18.5 Å². The second kappa shape index (κ2) is 5.31. The Morgan fingerprint density at radius 1 is 1.50 bits per heavy atom. The summed E-state index contributed by atoms with van der Waals surface area (Å²) in [6, 6.07) is 2.37. The van der Waals surface area contributed by atoms with Gasteiger partial charge in [-0.1, -0.05) is 11.6 Å². The third kappa shape index (κ3) is 1.91. The minimum absolute atomic E-state index is 0.0907. The molecule has 0 spiro atoms. The van der Waals surface area contributed by atoms with Gasteiger partial charge in [0.2, 0.25) is 0 Å². The summed E-state index contributed by atoms with van der Waals surface area (Å²) in [5.74, 6) is -1.54. The minimum Gasteiger partial charge on any atom is -0.461 e. The van der Waals surface area contributed by atoms with Crippen LogP contribution in [0, 0.1) is 5.82 Å². The molecule has 0 N–H and O–H groups in total. The van der Waals surface area contributed by atoms with Crippen molar-refractivity contribution >= 4 is 23.5 Å². The van der Waals surface area contributed by atoms with E-state index in [0.29, 0.717) is 24.3 Å². The van der Waals surface area contributed by atoms with Gasteiger partial charge in [0.1, 0.15) is 12.1 Å². The first-order valence-corrected chi connectivity index (χ1v) is 7.96. The maximum absolute atomic E-state index is 13.9. The number of esters is 1. The molecule has 0 radical (unpaired) electrons. The normalized spacial score (nSPS) is 18.2. The lowest BCUT2D eigenvalue weighted by molar-refractivity contribution is 0.0428. The number of hydrogen-bond acceptors (Lipinski definition) is 4. The number of carbonyl (C=O) groups is 2. The van der Waals surface area contributed by atoms with Crippen LogP contribution < -0.4 is 0 Å². The fourth-order valence-corrected chi connectivity index (χ4v) is 3.47. The summed E-state index contributed by atoms with van der Waals surface area (Å²) in [6.07, 6.45) is 2.14. The largest absolute Gasteiger partial charge is 0.461 e. The van der Waals surface area contributed by atoms with E-state index >= 15 is 0 Å². The average Bonchev–Trinajstić information content (AvgIpc) is 2.90. The lowest BCUT2D eigenvalue weighted by Crippen LogP contribution is -2.45. The summed E-state index contributed by atoms with van der Waals surface area (Å²) in [6.45, 7) is 2.46. The minimum atomic E-state index is -0.657. The van der Waals surface area contributed by atoms with Gasteiger partial charge in [0, 0.05) is 6.54 Å². The summed E-state index contributed by atoms with van der Waals surface area (Å²) >= 11 is 6.05. The molecule has 124 valence electrons. The number of nitrogens with zero attached hydrogens (tertiary/aromatic N) is 3. The molecular weight excluding hydrogens is 337 g/mol. The molecule has 3 heterocycles. The van der Waals surface area contributed by atoms with Gasteiger partial charge in [-0.15, -0.1) is 0 Å². The van der Waals surface area contributed by atoms with Crippen molar-refractivity contribution < 1.29 is 18.7 Å². The Morgan fingerprint density at radius 2 is 2.29 bits per heavy atom. The van der Waals surface area contributed by atoms with Gasteiger partial charge in [0.15, 0.2) is 5.69 Å². The highest BCUT2D eigenvalue weighted by molar-refractivity contribution is 6.34. The molecule has 0 bridgehead atoms. The Kier molecular flexibility index (Phi) is 3.35. The molecule has 1 atom stereocenters. The lowest BCUT2D eigenvalue weighted by atomic mass is 9.97. The van der Waals surface area contributed by atoms with Gasteiger partial charge in [-0.25, -0.2) is 14.2 Å². The van der Waals surface area contributed by atoms with E-state index in [0.717, 1.165) is 0 Å². The van der Waals surface area contributed by atoms with Gasteiger partial charge in [-0.3, -0.25) is 9.36 Å². The first kappa shape index (κ1) is 15.1. The zero-order chi connectivity index (χ0) is 17.0. The van der Waals surface area contributed by atoms with Crippen molar-refractivity contribution in [3.63, 3.8) is 0 Å². The highest BCUT2D eigenvalue weighted by Gasteiger charge is 2.43. The van der Waals surface area contributed by atoms with Gasteiger partial charge >= 0.3 is 5.97 Å². The Balaban J connectivity index is 1.98. The Bertz CT molecular complexity index is 880. The van der Waals surface area contributed by atoms with Crippen molar-refractivity contribution in [1.82, 2.24) is 14.5 Å². The zero-order valence-electron chi connectivity index (χ0n) is 12.8. The van der Waals surface area contributed by atoms with Crippen LogP contribution >= 0.6 is 11.6 Å². The molecule has 8 heteroatoms. The SMILES string of the molecule is CCOC(=O)c1ncn2c1[C@@H]1CCN1C(=O)c1c-2ccc(F)c1Cl. The number of imidazole rings is 1. The molecule has 1 aromatic heterocycles. The van der Waals surface area contributed by atoms with Gasteiger partial charge in [-0.2, -0.15) is 0 Å². The monoisotopic (exact) mass is 349 g/mol. The summed E-state index contributed by atoms with van der Waals surface area (Å²) in [5.41, 5.74) is 1.26. The Labute approximate surface area is 141 Å². The van der Waals surface area contributed by atoms with Crippen molar-refractivity contribution in [2.45, 2.75) is 19.4 Å². The van der Waals surface area contributed by atoms with Crippen LogP contribution in [0.3, 0.4) is 0 Å². The molecule has 24 heavy (non-hydrogen) atoms. The molecule has 0 aliphatic carbocycles. The van der Waals surface area contributed by atoms with Crippen molar-refractivity contribution in [2.75, 3.05) is 13.2 Å². The first-order chi connectivity index (χ1) is 11.5. The maximum atomic E-state index is 13.9. The second-order valence-corrected chi connectivity index (χ2v) is 6.01. The molecule has 2 aliphatic rings. The van der Waals surface area contributed by atoms with E-state index in [9.17, 15) is 14.0 Å². The molecule has 2 aromatic rings. The fourth-order valence-electron chi connectivity index (χ4n) is 3.23. The number of ether oxygens (including phenoxy) is 1. The number of fused-ring (bicyclic) bond motifs is 5. The number of carbonyl (C=O) groups excluding carboxylic acids is 2. The van der Waals surface area contributed by atoms with E-state index in [1.807, 2.05) is 0 Å². The van der Waals surface area contributed by atoms with Crippen molar-refractivity contribution in [1.29, 1.82) is 0 Å². The third-order valence-electron chi connectivity index (χ3n) is 4.42. The summed E-state index contributed by atoms with van der Waals surface area (Å²) in [4.78, 5) is 30.7. The predicted molar refractivity (Wildman–Crippen MR) is 82.9 cm³/mol. The van der Waals surface area contributed by atoms with E-state index in [1.54, 1.807) is 16.4 Å². The molecule has 6 nitrogen and oxygen atoms in total. The molecule has 4 rings (SSSR count). The molecule has 1 amide bonds. The average molecular weight is 350 g/mol. The van der Waals surface area contributed by atoms with Crippen molar-refractivity contribution in [3.8, 4) is 5.69 Å². The van der Waals surface area contributed by atoms with E-state index in [4.69, 9.17) is 16.3 Å². The number of aromatic nitrogens is 2. The number of amides is 1. The van der Waals surface area contributed by atoms with Crippen LogP contribution in [0.4, 0.5) is 4.39 Å². The Hall–Kier alpha value is -2.41. The fraction of sp³-hybridized carbons (Fsp3) is 0.312. The smallest absolute Gasteiger partial charge is 0.358 e. The summed E-state index contributed by atoms with van der Waals surface area (Å²) in [7, 11) is 0. The molecule has 0 unspecified atom stereocenters. The van der Waals surface area contributed by atoms with Crippen LogP contribution in [0.25, 0.3) is 5.69 Å². The van der Waals surface area contributed by atoms with Gasteiger partial charge in [0.25, 0.3) is 5.91 Å². The number of halogens is 2. The predicted octanol–water partition coefficient (Wildman–Crippen LogP) is 2.74. The van der Waals surface area contributed by atoms with E-state index < -0.39 is 11.8 Å².